The Labute approximate surface area is 341 Å². The number of rotatable bonds is 6. The number of ether oxygens (including phenoxy) is 1. The molecule has 290 valence electrons. The van der Waals surface area contributed by atoms with Crippen LogP contribution in [-0.4, -0.2) is 51.4 Å². The molecular formula is C43H36Cl2N4O7S. The van der Waals surface area contributed by atoms with Crippen LogP contribution in [0.1, 0.15) is 54.1 Å². The zero-order valence-corrected chi connectivity index (χ0v) is 33.8. The van der Waals surface area contributed by atoms with Gasteiger partial charge in [-0.1, -0.05) is 34.9 Å². The van der Waals surface area contributed by atoms with Crippen LogP contribution in [0.25, 0.3) is 20.7 Å². The van der Waals surface area contributed by atoms with E-state index in [1.165, 1.54) is 28.5 Å². The number of imide groups is 2. The number of methoxy groups -OCH3 is 1. The number of halogens is 2. The lowest BCUT2D eigenvalue weighted by atomic mass is 9.51. The third kappa shape index (κ3) is 5.29. The highest BCUT2D eigenvalue weighted by molar-refractivity contribution is 7.22. The van der Waals surface area contributed by atoms with Crippen molar-refractivity contribution in [1.29, 1.82) is 0 Å². The van der Waals surface area contributed by atoms with Crippen LogP contribution in [0.15, 0.2) is 72.3 Å². The molecule has 2 aliphatic carbocycles. The number of benzene rings is 3. The van der Waals surface area contributed by atoms with E-state index >= 15 is 4.79 Å². The molecule has 4 heterocycles. The number of aromatic hydroxyl groups is 1. The van der Waals surface area contributed by atoms with Gasteiger partial charge in [-0.05, 0) is 111 Å². The number of anilines is 2. The Morgan fingerprint density at radius 3 is 2.40 bits per heavy atom. The van der Waals surface area contributed by atoms with Crippen molar-refractivity contribution in [1.82, 2.24) is 9.78 Å². The molecule has 0 unspecified atom stereocenters. The molecule has 2 aromatic heterocycles. The lowest BCUT2D eigenvalue weighted by Crippen LogP contribution is -2.49. The normalized spacial score (nSPS) is 25.5. The highest BCUT2D eigenvalue weighted by Gasteiger charge is 2.68. The second-order valence-electron chi connectivity index (χ2n) is 15.5. The van der Waals surface area contributed by atoms with E-state index in [0.717, 1.165) is 26.1 Å². The molecule has 6 atom stereocenters. The monoisotopic (exact) mass is 822 g/mol. The zero-order valence-electron chi connectivity index (χ0n) is 31.5. The van der Waals surface area contributed by atoms with Crippen LogP contribution < -0.4 is 14.5 Å². The second-order valence-corrected chi connectivity index (χ2v) is 17.4. The Morgan fingerprint density at radius 2 is 1.70 bits per heavy atom. The summed E-state index contributed by atoms with van der Waals surface area (Å²) in [6.07, 6.45) is 2.32. The van der Waals surface area contributed by atoms with Crippen LogP contribution in [0.2, 0.25) is 10.0 Å². The molecule has 1 saturated carbocycles. The predicted octanol–water partition coefficient (Wildman–Crippen LogP) is 8.27. The van der Waals surface area contributed by atoms with E-state index in [-0.39, 0.29) is 41.1 Å². The van der Waals surface area contributed by atoms with Gasteiger partial charge in [0.2, 0.25) is 23.6 Å². The second kappa shape index (κ2) is 13.1. The number of phenolic OH excluding ortho intramolecular Hbond substituents is 1. The molecule has 11 nitrogen and oxygen atoms in total. The Morgan fingerprint density at radius 1 is 0.965 bits per heavy atom. The van der Waals surface area contributed by atoms with Gasteiger partial charge in [0.05, 0.1) is 45.9 Å². The summed E-state index contributed by atoms with van der Waals surface area (Å²) in [6.45, 7) is 5.21. The van der Waals surface area contributed by atoms with Gasteiger partial charge in [-0.15, -0.1) is 11.3 Å². The van der Waals surface area contributed by atoms with Gasteiger partial charge in [-0.2, -0.15) is 5.10 Å². The predicted molar refractivity (Wildman–Crippen MR) is 217 cm³/mol. The summed E-state index contributed by atoms with van der Waals surface area (Å²) in [5.41, 5.74) is 2.29. The van der Waals surface area contributed by atoms with Crippen molar-refractivity contribution in [3.8, 4) is 22.1 Å². The van der Waals surface area contributed by atoms with Crippen LogP contribution in [0.5, 0.6) is 11.5 Å². The number of ketones is 1. The van der Waals surface area contributed by atoms with E-state index in [1.807, 2.05) is 31.2 Å². The van der Waals surface area contributed by atoms with Gasteiger partial charge < -0.3 is 9.84 Å². The first-order valence-corrected chi connectivity index (χ1v) is 20.1. The molecular weight excluding hydrogens is 787 g/mol. The van der Waals surface area contributed by atoms with Crippen LogP contribution in [-0.2, 0) is 26.2 Å². The first-order valence-electron chi connectivity index (χ1n) is 18.5. The maximum Gasteiger partial charge on any atom is 0.242 e. The van der Waals surface area contributed by atoms with Crippen molar-refractivity contribution >= 4 is 85.5 Å². The largest absolute Gasteiger partial charge is 0.503 e. The van der Waals surface area contributed by atoms with Crippen LogP contribution >= 0.6 is 34.5 Å². The van der Waals surface area contributed by atoms with Gasteiger partial charge in [0.15, 0.2) is 17.3 Å². The number of hydrogen-bond acceptors (Lipinski definition) is 9. The van der Waals surface area contributed by atoms with Crippen molar-refractivity contribution in [2.75, 3.05) is 16.9 Å². The molecule has 9 rings (SSSR count). The van der Waals surface area contributed by atoms with Gasteiger partial charge >= 0.3 is 0 Å². The first-order chi connectivity index (χ1) is 27.1. The van der Waals surface area contributed by atoms with E-state index < -0.39 is 52.7 Å². The zero-order chi connectivity index (χ0) is 40.4. The summed E-state index contributed by atoms with van der Waals surface area (Å²) in [5, 5.41) is 17.1. The molecule has 0 radical (unpaired) electrons. The maximum atomic E-state index is 15.2. The third-order valence-electron chi connectivity index (χ3n) is 12.6. The van der Waals surface area contributed by atoms with Gasteiger partial charge in [0.1, 0.15) is 11.5 Å². The Balaban J connectivity index is 1.16. The van der Waals surface area contributed by atoms with Crippen molar-refractivity contribution in [2.24, 2.45) is 36.1 Å². The molecule has 2 aliphatic heterocycles. The molecule has 14 heteroatoms. The molecule has 4 aliphatic rings. The number of fused-ring (bicyclic) bond motifs is 5. The Kier molecular flexibility index (Phi) is 8.58. The highest BCUT2D eigenvalue weighted by atomic mass is 35.5. The number of aryl methyl sites for hydroxylation is 2. The van der Waals surface area contributed by atoms with Crippen LogP contribution in [0, 0.1) is 36.0 Å². The summed E-state index contributed by atoms with van der Waals surface area (Å²) in [5.74, 6) is -5.44. The number of carbonyl (C=O) groups is 5. The van der Waals surface area contributed by atoms with Crippen molar-refractivity contribution in [2.45, 2.75) is 39.5 Å². The Bertz CT molecular complexity index is 2670. The number of thiophene rings is 1. The number of allylic oxidation sites excluding steroid dienone is 2. The quantitative estimate of drug-likeness (QED) is 0.103. The maximum absolute atomic E-state index is 15.2. The number of amides is 4. The number of aromatic nitrogens is 2. The molecule has 0 spiro atoms. The van der Waals surface area contributed by atoms with Gasteiger partial charge in [-0.25, -0.2) is 4.90 Å². The molecule has 57 heavy (non-hydrogen) atoms. The lowest BCUT2D eigenvalue weighted by Gasteiger charge is -2.49. The number of nitrogens with zero attached hydrogens (tertiary/aromatic N) is 4. The topological polar surface area (TPSA) is 139 Å². The molecule has 3 aromatic carbocycles. The fraction of sp³-hybridized carbons (Fsp3) is 0.302. The summed E-state index contributed by atoms with van der Waals surface area (Å²) in [4.78, 5) is 74.0. The van der Waals surface area contributed by atoms with Crippen molar-refractivity contribution < 1.29 is 33.8 Å². The van der Waals surface area contributed by atoms with E-state index in [9.17, 15) is 24.3 Å². The first kappa shape index (κ1) is 37.3. The average molecular weight is 824 g/mol. The minimum atomic E-state index is -1.37. The van der Waals surface area contributed by atoms with Gasteiger partial charge in [0, 0.05) is 34.3 Å². The van der Waals surface area contributed by atoms with Gasteiger partial charge in [0.25, 0.3) is 0 Å². The summed E-state index contributed by atoms with van der Waals surface area (Å²) < 4.78 is 8.06. The molecule has 4 amide bonds. The molecule has 3 fully saturated rings. The van der Waals surface area contributed by atoms with Gasteiger partial charge in [-0.3, -0.25) is 33.6 Å². The van der Waals surface area contributed by atoms with E-state index in [1.54, 1.807) is 67.8 Å². The fourth-order valence-corrected chi connectivity index (χ4v) is 11.4. The van der Waals surface area contributed by atoms with Crippen LogP contribution in [0.4, 0.5) is 11.5 Å². The van der Waals surface area contributed by atoms with E-state index in [2.05, 4.69) is 0 Å². The third-order valence-corrected chi connectivity index (χ3v) is 14.4. The summed E-state index contributed by atoms with van der Waals surface area (Å²) in [7, 11) is 3.09. The molecule has 5 aromatic rings. The Hall–Kier alpha value is -5.30. The van der Waals surface area contributed by atoms with Crippen molar-refractivity contribution in [3.05, 3.63) is 99.0 Å². The lowest BCUT2D eigenvalue weighted by molar-refractivity contribution is -0.131. The van der Waals surface area contributed by atoms with E-state index in [4.69, 9.17) is 33.0 Å². The number of carbonyl (C=O) groups excluding carboxylic acids is 5. The minimum absolute atomic E-state index is 0.00175. The number of hydrogen-bond donors (Lipinski definition) is 1. The number of Topliss-reactive ketones (excluding diaryl/α,β-unsaturated/α-hetero) is 1. The van der Waals surface area contributed by atoms with E-state index in [0.29, 0.717) is 33.3 Å². The molecule has 0 bridgehead atoms. The highest BCUT2D eigenvalue weighted by Crippen LogP contribution is 2.64. The molecule has 2 saturated heterocycles. The fourth-order valence-electron chi connectivity index (χ4n) is 9.84. The standard InChI is InChI=1S/C43H36Cl2N4O7S/c1-19-27-16-23(44)8-13-33(27)57-38(19)31-18-34(47(4)46-31)49-40(53)29-17-28-25(36(43(29,3)42(49)55)22-14-30(45)37(51)32(15-22)56-5)11-12-26-35(28)41(54)48(39(26)52)24-9-6-21(7-10-24)20(2)50/h6-11,13-16,18,26,28-29,35-36,51H,12,17H2,1-5H3/t26-,28+,29-,35-,36-,43+/m0/s1. The smallest absolute Gasteiger partial charge is 0.242 e. The van der Waals surface area contributed by atoms with Crippen LogP contribution in [0.3, 0.4) is 0 Å². The summed E-state index contributed by atoms with van der Waals surface area (Å²) in [6, 6.07) is 17.0. The SMILES string of the molecule is COc1cc([C@H]2C3=CC[C@@H]4C(=O)N(c5ccc(C(C)=O)cc5)C(=O)[C@@H]4[C@@H]3C[C@H]3C(=O)N(c4cc(-c5sc6ccc(Cl)cc6c5C)nn4C)C(=O)[C@@]23C)cc(Cl)c1O. The number of phenols is 1. The molecule has 1 N–H and O–H groups in total. The minimum Gasteiger partial charge on any atom is -0.503 e. The summed E-state index contributed by atoms with van der Waals surface area (Å²) >= 11 is 14.5. The average Bonchev–Trinajstić information content (AvgIpc) is 3.86. The van der Waals surface area contributed by atoms with Crippen molar-refractivity contribution in [3.63, 3.8) is 0 Å².